The van der Waals surface area contributed by atoms with E-state index in [1.807, 2.05) is 47.8 Å². The van der Waals surface area contributed by atoms with E-state index in [2.05, 4.69) is 5.32 Å². The second kappa shape index (κ2) is 7.07. The number of hydrogen-bond donors (Lipinski definition) is 2. The van der Waals surface area contributed by atoms with Gasteiger partial charge in [0, 0.05) is 11.3 Å². The van der Waals surface area contributed by atoms with Gasteiger partial charge in [-0.3, -0.25) is 4.79 Å². The lowest BCUT2D eigenvalue weighted by molar-refractivity contribution is -0.121. The van der Waals surface area contributed by atoms with Gasteiger partial charge in [-0.2, -0.15) is 0 Å². The molecule has 100 valence electrons. The van der Waals surface area contributed by atoms with Crippen LogP contribution in [0.1, 0.15) is 29.3 Å². The van der Waals surface area contributed by atoms with Crippen LogP contribution in [-0.2, 0) is 4.79 Å². The van der Waals surface area contributed by atoms with E-state index in [1.54, 1.807) is 11.3 Å². The van der Waals surface area contributed by atoms with Crippen molar-refractivity contribution in [3.05, 3.63) is 58.3 Å². The molecule has 0 fully saturated rings. The molecule has 0 aliphatic carbocycles. The lowest BCUT2D eigenvalue weighted by atomic mass is 10.1. The van der Waals surface area contributed by atoms with Gasteiger partial charge in [0.25, 0.3) is 0 Å². The monoisotopic (exact) mass is 274 g/mol. The fraction of sp³-hybridized carbons (Fsp3) is 0.267. The molecule has 3 N–H and O–H groups in total. The molecular formula is C15H18N2OS. The van der Waals surface area contributed by atoms with Crippen molar-refractivity contribution in [3.8, 4) is 0 Å². The van der Waals surface area contributed by atoms with Crippen LogP contribution in [0.3, 0.4) is 0 Å². The first-order chi connectivity index (χ1) is 9.31. The summed E-state index contributed by atoms with van der Waals surface area (Å²) in [6.45, 7) is 0.544. The van der Waals surface area contributed by atoms with Gasteiger partial charge < -0.3 is 11.1 Å². The molecule has 0 bridgehead atoms. The topological polar surface area (TPSA) is 55.1 Å². The van der Waals surface area contributed by atoms with E-state index in [0.717, 1.165) is 16.9 Å². The van der Waals surface area contributed by atoms with Crippen LogP contribution in [0.4, 0.5) is 0 Å². The molecule has 19 heavy (non-hydrogen) atoms. The van der Waals surface area contributed by atoms with Gasteiger partial charge in [-0.25, -0.2) is 0 Å². The number of rotatable bonds is 6. The van der Waals surface area contributed by atoms with Crippen LogP contribution >= 0.6 is 11.3 Å². The Balaban J connectivity index is 2.14. The Morgan fingerprint density at radius 3 is 2.63 bits per heavy atom. The number of thiophene rings is 1. The summed E-state index contributed by atoms with van der Waals surface area (Å²) in [5, 5.41) is 5.11. The lowest BCUT2D eigenvalue weighted by Crippen LogP contribution is -2.29. The standard InChI is InChI=1S/C15H18N2OS/c16-10-4-9-14(18)17-15(13-8-5-11-19-13)12-6-2-1-3-7-12/h1-3,5-8,11,15H,4,9-10,16H2,(H,17,18). The molecule has 1 unspecified atom stereocenters. The van der Waals surface area contributed by atoms with Gasteiger partial charge in [-0.15, -0.1) is 11.3 Å². The number of amides is 1. The van der Waals surface area contributed by atoms with E-state index in [0.29, 0.717) is 13.0 Å². The Labute approximate surface area is 117 Å². The van der Waals surface area contributed by atoms with Gasteiger partial charge in [-0.05, 0) is 30.0 Å². The van der Waals surface area contributed by atoms with Crippen molar-refractivity contribution >= 4 is 17.2 Å². The highest BCUT2D eigenvalue weighted by atomic mass is 32.1. The Morgan fingerprint density at radius 2 is 2.00 bits per heavy atom. The molecule has 0 saturated carbocycles. The van der Waals surface area contributed by atoms with E-state index in [-0.39, 0.29) is 11.9 Å². The zero-order chi connectivity index (χ0) is 13.5. The molecule has 0 saturated heterocycles. The van der Waals surface area contributed by atoms with Crippen LogP contribution in [0.25, 0.3) is 0 Å². The summed E-state index contributed by atoms with van der Waals surface area (Å²) >= 11 is 1.65. The quantitative estimate of drug-likeness (QED) is 0.851. The van der Waals surface area contributed by atoms with Crippen molar-refractivity contribution in [2.24, 2.45) is 5.73 Å². The van der Waals surface area contributed by atoms with Crippen LogP contribution in [0, 0.1) is 0 Å². The van der Waals surface area contributed by atoms with E-state index >= 15 is 0 Å². The minimum Gasteiger partial charge on any atom is -0.344 e. The fourth-order valence-corrected chi connectivity index (χ4v) is 2.72. The fourth-order valence-electron chi connectivity index (χ4n) is 1.92. The molecule has 1 aromatic carbocycles. The summed E-state index contributed by atoms with van der Waals surface area (Å²) in [4.78, 5) is 13.1. The molecule has 0 aliphatic rings. The molecule has 1 heterocycles. The second-order valence-corrected chi connectivity index (χ2v) is 5.30. The minimum atomic E-state index is -0.0634. The van der Waals surface area contributed by atoms with Crippen LogP contribution in [0.2, 0.25) is 0 Å². The molecule has 0 radical (unpaired) electrons. The largest absolute Gasteiger partial charge is 0.344 e. The average Bonchev–Trinajstić information content (AvgIpc) is 2.97. The van der Waals surface area contributed by atoms with Gasteiger partial charge in [-0.1, -0.05) is 36.4 Å². The molecule has 1 aromatic heterocycles. The Morgan fingerprint density at radius 1 is 1.21 bits per heavy atom. The minimum absolute atomic E-state index is 0.0488. The van der Waals surface area contributed by atoms with Gasteiger partial charge in [0.1, 0.15) is 0 Å². The SMILES string of the molecule is NCCCC(=O)NC(c1ccccc1)c1cccs1. The van der Waals surface area contributed by atoms with Gasteiger partial charge in [0.05, 0.1) is 6.04 Å². The molecule has 2 rings (SSSR count). The maximum absolute atomic E-state index is 11.9. The maximum Gasteiger partial charge on any atom is 0.220 e. The summed E-state index contributed by atoms with van der Waals surface area (Å²) in [5.74, 6) is 0.0488. The lowest BCUT2D eigenvalue weighted by Gasteiger charge is -2.18. The third-order valence-electron chi connectivity index (χ3n) is 2.87. The smallest absolute Gasteiger partial charge is 0.220 e. The summed E-state index contributed by atoms with van der Waals surface area (Å²) in [5.41, 5.74) is 6.54. The highest BCUT2D eigenvalue weighted by molar-refractivity contribution is 7.10. The number of carbonyl (C=O) groups excluding carboxylic acids is 1. The van der Waals surface area contributed by atoms with Crippen molar-refractivity contribution in [2.75, 3.05) is 6.54 Å². The predicted molar refractivity (Wildman–Crippen MR) is 79.0 cm³/mol. The number of nitrogens with one attached hydrogen (secondary N) is 1. The van der Waals surface area contributed by atoms with Crippen molar-refractivity contribution in [1.29, 1.82) is 0 Å². The first-order valence-electron chi connectivity index (χ1n) is 6.39. The van der Waals surface area contributed by atoms with Crippen LogP contribution in [-0.4, -0.2) is 12.5 Å². The highest BCUT2D eigenvalue weighted by Gasteiger charge is 2.17. The molecule has 1 amide bonds. The van der Waals surface area contributed by atoms with Gasteiger partial charge in [0.2, 0.25) is 5.91 Å². The Kier molecular flexibility index (Phi) is 5.12. The molecule has 2 aromatic rings. The predicted octanol–water partition coefficient (Wildman–Crippen LogP) is 2.69. The van der Waals surface area contributed by atoms with E-state index < -0.39 is 0 Å². The zero-order valence-electron chi connectivity index (χ0n) is 10.7. The van der Waals surface area contributed by atoms with Crippen molar-refractivity contribution in [3.63, 3.8) is 0 Å². The average molecular weight is 274 g/mol. The highest BCUT2D eigenvalue weighted by Crippen LogP contribution is 2.25. The van der Waals surface area contributed by atoms with Crippen molar-refractivity contribution in [2.45, 2.75) is 18.9 Å². The molecule has 3 nitrogen and oxygen atoms in total. The van der Waals surface area contributed by atoms with Crippen molar-refractivity contribution < 1.29 is 4.79 Å². The normalized spacial score (nSPS) is 12.1. The van der Waals surface area contributed by atoms with Gasteiger partial charge in [0.15, 0.2) is 0 Å². The molecule has 4 heteroatoms. The van der Waals surface area contributed by atoms with E-state index in [9.17, 15) is 4.79 Å². The van der Waals surface area contributed by atoms with E-state index in [4.69, 9.17) is 5.73 Å². The van der Waals surface area contributed by atoms with Crippen LogP contribution in [0.5, 0.6) is 0 Å². The van der Waals surface area contributed by atoms with Crippen LogP contribution in [0.15, 0.2) is 47.8 Å². The Bertz CT molecular complexity index is 496. The summed E-state index contributed by atoms with van der Waals surface area (Å²) < 4.78 is 0. The first kappa shape index (κ1) is 13.8. The molecule has 0 aliphatic heterocycles. The maximum atomic E-state index is 11.9. The summed E-state index contributed by atoms with van der Waals surface area (Å²) in [6.07, 6.45) is 1.20. The van der Waals surface area contributed by atoms with Crippen molar-refractivity contribution in [1.82, 2.24) is 5.32 Å². The third-order valence-corrected chi connectivity index (χ3v) is 3.81. The molecule has 0 spiro atoms. The van der Waals surface area contributed by atoms with Gasteiger partial charge >= 0.3 is 0 Å². The Hall–Kier alpha value is -1.65. The second-order valence-electron chi connectivity index (χ2n) is 4.32. The molecule has 1 atom stereocenters. The first-order valence-corrected chi connectivity index (χ1v) is 7.27. The summed E-state index contributed by atoms with van der Waals surface area (Å²) in [7, 11) is 0. The van der Waals surface area contributed by atoms with Crippen LogP contribution < -0.4 is 11.1 Å². The number of benzene rings is 1. The molecular weight excluding hydrogens is 256 g/mol. The van der Waals surface area contributed by atoms with E-state index in [1.165, 1.54) is 0 Å². The summed E-state index contributed by atoms with van der Waals surface area (Å²) in [6, 6.07) is 14.0. The zero-order valence-corrected chi connectivity index (χ0v) is 11.5. The third kappa shape index (κ3) is 3.91. The number of nitrogens with two attached hydrogens (primary N) is 1. The number of hydrogen-bond acceptors (Lipinski definition) is 3. The number of carbonyl (C=O) groups is 1.